The number of oxime groups is 1. The highest BCUT2D eigenvalue weighted by molar-refractivity contribution is 6.04. The topological polar surface area (TPSA) is 124 Å². The second-order valence-corrected chi connectivity index (χ2v) is 6.04. The SMILES string of the molecule is C/C=C\c1nc(-c2ccc(C#CC#CC(CO)OC)cc2)cc(C(=O)NO)c1/C=N/O. The van der Waals surface area contributed by atoms with Crippen LogP contribution in [0.1, 0.15) is 34.1 Å². The van der Waals surface area contributed by atoms with Crippen LogP contribution in [0, 0.1) is 23.7 Å². The Balaban J connectivity index is 2.43. The summed E-state index contributed by atoms with van der Waals surface area (Å²) in [4.78, 5) is 16.7. The van der Waals surface area contributed by atoms with E-state index in [2.05, 4.69) is 33.8 Å². The molecule has 0 radical (unpaired) electrons. The molecular weight excluding hydrogens is 398 g/mol. The van der Waals surface area contributed by atoms with Gasteiger partial charge in [0.05, 0.1) is 29.8 Å². The third kappa shape index (κ3) is 6.26. The number of hydroxylamine groups is 1. The molecule has 0 saturated heterocycles. The van der Waals surface area contributed by atoms with Crippen LogP contribution in [-0.4, -0.2) is 52.4 Å². The maximum absolute atomic E-state index is 12.1. The summed E-state index contributed by atoms with van der Waals surface area (Å²) in [6.07, 6.45) is 3.90. The Labute approximate surface area is 179 Å². The standard InChI is InChI=1S/C23H21N3O5/c1-3-6-21-20(14-24-29)19(23(28)26-30)13-22(25-21)17-11-9-16(10-12-17)7-4-5-8-18(15-27)31-2/h3,6,9-14,18,27,29-30H,15H2,1-2H3,(H,26,28)/b6-3-,24-14+. The summed E-state index contributed by atoms with van der Waals surface area (Å²) in [5.74, 6) is 10.1. The molecule has 4 N–H and O–H groups in total. The van der Waals surface area contributed by atoms with Crippen LogP contribution in [0.5, 0.6) is 0 Å². The Bertz CT molecular complexity index is 1100. The summed E-state index contributed by atoms with van der Waals surface area (Å²) >= 11 is 0. The first-order valence-electron chi connectivity index (χ1n) is 9.13. The minimum atomic E-state index is -0.761. The number of aromatic nitrogens is 1. The second kappa shape index (κ2) is 11.9. The molecule has 0 spiro atoms. The van der Waals surface area contributed by atoms with Crippen molar-refractivity contribution in [1.29, 1.82) is 0 Å². The van der Waals surface area contributed by atoms with E-state index in [1.165, 1.54) is 13.2 Å². The van der Waals surface area contributed by atoms with Gasteiger partial charge in [-0.15, -0.1) is 0 Å². The number of aliphatic hydroxyl groups excluding tert-OH is 1. The number of carbonyl (C=O) groups excluding carboxylic acids is 1. The fourth-order valence-corrected chi connectivity index (χ4v) is 2.57. The van der Waals surface area contributed by atoms with Crippen molar-refractivity contribution in [1.82, 2.24) is 10.5 Å². The molecule has 2 aromatic rings. The summed E-state index contributed by atoms with van der Waals surface area (Å²) in [6, 6.07) is 8.60. The van der Waals surface area contributed by atoms with Crippen LogP contribution in [0.2, 0.25) is 0 Å². The molecular formula is C23H21N3O5. The number of rotatable bonds is 6. The van der Waals surface area contributed by atoms with Crippen LogP contribution in [0.4, 0.5) is 0 Å². The molecule has 8 heteroatoms. The van der Waals surface area contributed by atoms with Crippen molar-refractivity contribution in [2.75, 3.05) is 13.7 Å². The number of amides is 1. The zero-order valence-corrected chi connectivity index (χ0v) is 17.0. The Morgan fingerprint density at radius 3 is 2.65 bits per heavy atom. The lowest BCUT2D eigenvalue weighted by molar-refractivity contribution is 0.0706. The number of pyridine rings is 1. The average molecular weight is 419 g/mol. The zero-order chi connectivity index (χ0) is 22.6. The lowest BCUT2D eigenvalue weighted by Gasteiger charge is -2.11. The maximum atomic E-state index is 12.1. The summed E-state index contributed by atoms with van der Waals surface area (Å²) in [5.41, 5.74) is 4.24. The van der Waals surface area contributed by atoms with Crippen molar-refractivity contribution in [3.63, 3.8) is 0 Å². The number of methoxy groups -OCH3 is 1. The number of aliphatic hydroxyl groups is 1. The number of benzene rings is 1. The van der Waals surface area contributed by atoms with Gasteiger partial charge in [-0.05, 0) is 43.0 Å². The first kappa shape index (κ1) is 23.3. The molecule has 1 unspecified atom stereocenters. The van der Waals surface area contributed by atoms with E-state index in [0.29, 0.717) is 22.5 Å². The predicted octanol–water partition coefficient (Wildman–Crippen LogP) is 2.07. The van der Waals surface area contributed by atoms with E-state index in [1.54, 1.807) is 48.8 Å². The first-order chi connectivity index (χ1) is 15.1. The van der Waals surface area contributed by atoms with Crippen LogP contribution in [0.25, 0.3) is 17.3 Å². The monoisotopic (exact) mass is 419 g/mol. The molecule has 1 aromatic carbocycles. The van der Waals surface area contributed by atoms with Gasteiger partial charge in [-0.3, -0.25) is 10.0 Å². The highest BCUT2D eigenvalue weighted by Gasteiger charge is 2.16. The lowest BCUT2D eigenvalue weighted by Crippen LogP contribution is -2.21. The highest BCUT2D eigenvalue weighted by Crippen LogP contribution is 2.23. The van der Waals surface area contributed by atoms with Gasteiger partial charge in [0.1, 0.15) is 6.10 Å². The molecule has 0 aliphatic heterocycles. The molecule has 31 heavy (non-hydrogen) atoms. The van der Waals surface area contributed by atoms with Gasteiger partial charge in [0.2, 0.25) is 0 Å². The largest absolute Gasteiger partial charge is 0.411 e. The molecule has 1 atom stereocenters. The fraction of sp³-hybridized carbons (Fsp3) is 0.174. The number of nitrogens with zero attached hydrogens (tertiary/aromatic N) is 2. The number of hydrogen-bond acceptors (Lipinski definition) is 7. The Morgan fingerprint density at radius 1 is 1.32 bits per heavy atom. The van der Waals surface area contributed by atoms with Crippen LogP contribution in [0.3, 0.4) is 0 Å². The van der Waals surface area contributed by atoms with E-state index in [4.69, 9.17) is 20.3 Å². The number of nitrogens with one attached hydrogen (secondary N) is 1. The minimum Gasteiger partial charge on any atom is -0.411 e. The number of carbonyl (C=O) groups is 1. The molecule has 158 valence electrons. The van der Waals surface area contributed by atoms with Gasteiger partial charge in [-0.2, -0.15) is 0 Å². The van der Waals surface area contributed by atoms with Crippen molar-refractivity contribution in [3.8, 4) is 34.9 Å². The smallest absolute Gasteiger partial charge is 0.275 e. The van der Waals surface area contributed by atoms with Gasteiger partial charge in [0.25, 0.3) is 5.91 Å². The molecule has 0 fully saturated rings. The average Bonchev–Trinajstić information content (AvgIpc) is 2.80. The summed E-state index contributed by atoms with van der Waals surface area (Å²) in [5, 5.41) is 30.0. The van der Waals surface area contributed by atoms with Crippen molar-refractivity contribution in [3.05, 3.63) is 58.8 Å². The lowest BCUT2D eigenvalue weighted by atomic mass is 10.0. The van der Waals surface area contributed by atoms with Gasteiger partial charge in [-0.25, -0.2) is 10.5 Å². The third-order valence-corrected chi connectivity index (χ3v) is 4.08. The van der Waals surface area contributed by atoms with Crippen molar-refractivity contribution >= 4 is 18.2 Å². The van der Waals surface area contributed by atoms with Gasteiger partial charge in [-0.1, -0.05) is 35.2 Å². The van der Waals surface area contributed by atoms with E-state index in [1.807, 2.05) is 0 Å². The van der Waals surface area contributed by atoms with Gasteiger partial charge in [0, 0.05) is 23.8 Å². The minimum absolute atomic E-state index is 0.0918. The molecule has 2 rings (SSSR count). The quantitative estimate of drug-likeness (QED) is 0.187. The predicted molar refractivity (Wildman–Crippen MR) is 116 cm³/mol. The number of hydrogen-bond donors (Lipinski definition) is 4. The Hall–Kier alpha value is -3.95. The van der Waals surface area contributed by atoms with Crippen LogP contribution < -0.4 is 5.48 Å². The second-order valence-electron chi connectivity index (χ2n) is 6.04. The molecule has 1 aromatic heterocycles. The molecule has 8 nitrogen and oxygen atoms in total. The van der Waals surface area contributed by atoms with E-state index in [9.17, 15) is 4.79 Å². The molecule has 0 bridgehead atoms. The third-order valence-electron chi connectivity index (χ3n) is 4.08. The molecule has 0 aliphatic rings. The number of allylic oxidation sites excluding steroid dienone is 1. The van der Waals surface area contributed by atoms with Crippen molar-refractivity contribution in [2.45, 2.75) is 13.0 Å². The first-order valence-corrected chi connectivity index (χ1v) is 9.13. The fourth-order valence-electron chi connectivity index (χ4n) is 2.57. The van der Waals surface area contributed by atoms with Gasteiger partial charge in [0.15, 0.2) is 0 Å². The van der Waals surface area contributed by atoms with Crippen molar-refractivity contribution in [2.24, 2.45) is 5.16 Å². The summed E-state index contributed by atoms with van der Waals surface area (Å²) in [7, 11) is 1.45. The maximum Gasteiger partial charge on any atom is 0.275 e. The van der Waals surface area contributed by atoms with E-state index in [0.717, 1.165) is 6.21 Å². The summed E-state index contributed by atoms with van der Waals surface area (Å²) in [6.45, 7) is 1.58. The van der Waals surface area contributed by atoms with Gasteiger partial charge < -0.3 is 15.1 Å². The van der Waals surface area contributed by atoms with E-state index < -0.39 is 12.0 Å². The normalized spacial score (nSPS) is 11.5. The van der Waals surface area contributed by atoms with Crippen LogP contribution in [0.15, 0.2) is 41.6 Å². The van der Waals surface area contributed by atoms with Gasteiger partial charge >= 0.3 is 0 Å². The number of ether oxygens (including phenoxy) is 1. The molecule has 1 amide bonds. The molecule has 0 saturated carbocycles. The van der Waals surface area contributed by atoms with Crippen molar-refractivity contribution < 1.29 is 25.1 Å². The van der Waals surface area contributed by atoms with E-state index >= 15 is 0 Å². The molecule has 0 aliphatic carbocycles. The Morgan fingerprint density at radius 2 is 2.06 bits per heavy atom. The molecule has 1 heterocycles. The zero-order valence-electron chi connectivity index (χ0n) is 17.0. The summed E-state index contributed by atoms with van der Waals surface area (Å²) < 4.78 is 4.93. The van der Waals surface area contributed by atoms with E-state index in [-0.39, 0.29) is 17.7 Å². The Kier molecular flexibility index (Phi) is 8.96. The van der Waals surface area contributed by atoms with Crippen LogP contribution >= 0.6 is 0 Å². The highest BCUT2D eigenvalue weighted by atomic mass is 16.5. The van der Waals surface area contributed by atoms with Crippen LogP contribution in [-0.2, 0) is 4.74 Å².